The Balaban J connectivity index is 1.66. The molecule has 1 aromatic heterocycles. The quantitative estimate of drug-likeness (QED) is 0.864. The van der Waals surface area contributed by atoms with Gasteiger partial charge in [0.15, 0.2) is 5.13 Å². The molecule has 0 saturated heterocycles. The highest BCUT2D eigenvalue weighted by molar-refractivity contribution is 7.15. The maximum absolute atomic E-state index is 12.8. The number of carbonyl (C=O) groups is 1. The molecule has 102 valence electrons. The maximum atomic E-state index is 12.8. The van der Waals surface area contributed by atoms with Gasteiger partial charge in [0, 0.05) is 6.08 Å². The first-order valence-corrected chi connectivity index (χ1v) is 6.90. The van der Waals surface area contributed by atoms with Crippen LogP contribution >= 0.6 is 11.3 Å². The Labute approximate surface area is 119 Å². The fourth-order valence-electron chi connectivity index (χ4n) is 2.06. The second-order valence-corrected chi connectivity index (χ2v) is 5.62. The Bertz CT molecular complexity index is 655. The Morgan fingerprint density at radius 2 is 2.10 bits per heavy atom. The third kappa shape index (κ3) is 2.55. The van der Waals surface area contributed by atoms with E-state index in [4.69, 9.17) is 5.73 Å². The largest absolute Gasteiger partial charge is 0.375 e. The van der Waals surface area contributed by atoms with E-state index in [0.717, 1.165) is 16.1 Å². The zero-order chi connectivity index (χ0) is 14.1. The molecule has 3 rings (SSSR count). The molecule has 0 fully saturated rings. The molecule has 1 amide bonds. The molecule has 0 atom stereocenters. The van der Waals surface area contributed by atoms with Crippen LogP contribution in [0.1, 0.15) is 16.1 Å². The van der Waals surface area contributed by atoms with Crippen LogP contribution in [0, 0.1) is 5.82 Å². The summed E-state index contributed by atoms with van der Waals surface area (Å²) in [5.41, 5.74) is 7.29. The zero-order valence-corrected chi connectivity index (χ0v) is 11.4. The summed E-state index contributed by atoms with van der Waals surface area (Å²) in [5, 5.41) is 0.545. The predicted octanol–water partition coefficient (Wildman–Crippen LogP) is 2.42. The van der Waals surface area contributed by atoms with Crippen molar-refractivity contribution in [2.45, 2.75) is 13.1 Å². The highest BCUT2D eigenvalue weighted by Crippen LogP contribution is 2.29. The van der Waals surface area contributed by atoms with Gasteiger partial charge in [-0.25, -0.2) is 9.37 Å². The van der Waals surface area contributed by atoms with Crippen LogP contribution in [-0.2, 0) is 17.9 Å². The topological polar surface area (TPSA) is 59.2 Å². The molecule has 0 radical (unpaired) electrons. The summed E-state index contributed by atoms with van der Waals surface area (Å²) < 4.78 is 12.8. The van der Waals surface area contributed by atoms with Crippen molar-refractivity contribution in [3.8, 4) is 0 Å². The molecule has 0 unspecified atom stereocenters. The van der Waals surface area contributed by atoms with Gasteiger partial charge >= 0.3 is 0 Å². The van der Waals surface area contributed by atoms with Crippen LogP contribution in [0.3, 0.4) is 0 Å². The van der Waals surface area contributed by atoms with Gasteiger partial charge in [0.2, 0.25) is 5.91 Å². The van der Waals surface area contributed by atoms with E-state index in [9.17, 15) is 9.18 Å². The van der Waals surface area contributed by atoms with Gasteiger partial charge in [0.05, 0.1) is 23.7 Å². The number of benzene rings is 1. The first-order chi connectivity index (χ1) is 9.61. The van der Waals surface area contributed by atoms with Gasteiger partial charge in [-0.3, -0.25) is 4.79 Å². The minimum Gasteiger partial charge on any atom is -0.375 e. The molecule has 1 aliphatic heterocycles. The summed E-state index contributed by atoms with van der Waals surface area (Å²) >= 11 is 1.42. The number of amides is 1. The fourth-order valence-corrected chi connectivity index (χ4v) is 2.92. The number of hydrogen-bond donors (Lipinski definition) is 1. The fraction of sp³-hybridized carbons (Fsp3) is 0.143. The molecule has 0 spiro atoms. The van der Waals surface area contributed by atoms with Gasteiger partial charge in [-0.1, -0.05) is 12.1 Å². The van der Waals surface area contributed by atoms with E-state index in [2.05, 4.69) is 4.98 Å². The van der Waals surface area contributed by atoms with Crippen LogP contribution in [0.4, 0.5) is 9.52 Å². The molecular formula is C14H12FN3OS. The summed E-state index contributed by atoms with van der Waals surface area (Å²) in [6.07, 6.45) is 3.17. The highest BCUT2D eigenvalue weighted by Gasteiger charge is 2.25. The molecule has 0 aliphatic carbocycles. The number of thiazole rings is 1. The number of nitrogens with zero attached hydrogens (tertiary/aromatic N) is 2. The summed E-state index contributed by atoms with van der Waals surface area (Å²) in [6, 6.07) is 5.98. The molecule has 2 heterocycles. The van der Waals surface area contributed by atoms with Gasteiger partial charge in [0.1, 0.15) is 5.82 Å². The van der Waals surface area contributed by atoms with Crippen LogP contribution in [0.25, 0.3) is 6.08 Å². The highest BCUT2D eigenvalue weighted by atomic mass is 32.1. The minimum atomic E-state index is -0.291. The van der Waals surface area contributed by atoms with Crippen molar-refractivity contribution < 1.29 is 9.18 Å². The number of rotatable bonds is 2. The van der Waals surface area contributed by atoms with Crippen molar-refractivity contribution in [3.63, 3.8) is 0 Å². The van der Waals surface area contributed by atoms with E-state index in [1.165, 1.54) is 29.5 Å². The number of carbonyl (C=O) groups excluding carboxylic acids is 1. The first-order valence-electron chi connectivity index (χ1n) is 6.08. The Morgan fingerprint density at radius 1 is 1.35 bits per heavy atom. The standard InChI is InChI=1S/C14H12FN3OS/c15-10-4-1-9(2-5-10)3-6-13(19)18-7-11-12(8-18)20-14(16)17-11/h1-6H,7-8H2,(H2,16,17)/b6-3+. The van der Waals surface area contributed by atoms with Gasteiger partial charge in [-0.15, -0.1) is 11.3 Å². The number of fused-ring (bicyclic) bond motifs is 1. The average molecular weight is 289 g/mol. The molecule has 0 bridgehead atoms. The third-order valence-electron chi connectivity index (χ3n) is 3.07. The Morgan fingerprint density at radius 3 is 2.80 bits per heavy atom. The van der Waals surface area contributed by atoms with Crippen LogP contribution in [0.5, 0.6) is 0 Å². The number of hydrogen-bond acceptors (Lipinski definition) is 4. The second kappa shape index (κ2) is 5.05. The van der Waals surface area contributed by atoms with E-state index in [1.807, 2.05) is 0 Å². The van der Waals surface area contributed by atoms with E-state index < -0.39 is 0 Å². The molecule has 0 saturated carbocycles. The molecule has 6 heteroatoms. The SMILES string of the molecule is Nc1nc2c(s1)CN(C(=O)/C=C/c1ccc(F)cc1)C2. The lowest BCUT2D eigenvalue weighted by Gasteiger charge is -2.12. The van der Waals surface area contributed by atoms with Crippen molar-refractivity contribution in [3.05, 3.63) is 52.3 Å². The third-order valence-corrected chi connectivity index (χ3v) is 3.98. The maximum Gasteiger partial charge on any atom is 0.247 e. The minimum absolute atomic E-state index is 0.0851. The molecule has 1 aliphatic rings. The predicted molar refractivity (Wildman–Crippen MR) is 76.2 cm³/mol. The van der Waals surface area contributed by atoms with Crippen LogP contribution in [0.15, 0.2) is 30.3 Å². The number of nitrogen functional groups attached to an aromatic ring is 1. The lowest BCUT2D eigenvalue weighted by molar-refractivity contribution is -0.126. The summed E-state index contributed by atoms with van der Waals surface area (Å²) in [6.45, 7) is 1.05. The number of halogens is 1. The van der Waals surface area contributed by atoms with Crippen LogP contribution < -0.4 is 5.73 Å². The Hall–Kier alpha value is -2.21. The summed E-state index contributed by atoms with van der Waals surface area (Å²) in [4.78, 5) is 19.0. The number of anilines is 1. The molecule has 1 aromatic carbocycles. The number of aromatic nitrogens is 1. The summed E-state index contributed by atoms with van der Waals surface area (Å²) in [5.74, 6) is -0.376. The smallest absolute Gasteiger partial charge is 0.247 e. The average Bonchev–Trinajstić information content (AvgIpc) is 2.95. The molecule has 20 heavy (non-hydrogen) atoms. The van der Waals surface area contributed by atoms with Crippen molar-refractivity contribution in [2.24, 2.45) is 0 Å². The van der Waals surface area contributed by atoms with Crippen molar-refractivity contribution >= 4 is 28.5 Å². The van der Waals surface area contributed by atoms with Gasteiger partial charge < -0.3 is 10.6 Å². The number of nitrogens with two attached hydrogens (primary N) is 1. The molecule has 4 nitrogen and oxygen atoms in total. The van der Waals surface area contributed by atoms with Crippen molar-refractivity contribution in [1.82, 2.24) is 9.88 Å². The van der Waals surface area contributed by atoms with E-state index >= 15 is 0 Å². The lowest BCUT2D eigenvalue weighted by atomic mass is 10.2. The lowest BCUT2D eigenvalue weighted by Crippen LogP contribution is -2.23. The molecule has 2 N–H and O–H groups in total. The van der Waals surface area contributed by atoms with E-state index in [-0.39, 0.29) is 11.7 Å². The van der Waals surface area contributed by atoms with Crippen LogP contribution in [-0.4, -0.2) is 15.8 Å². The second-order valence-electron chi connectivity index (χ2n) is 4.50. The van der Waals surface area contributed by atoms with E-state index in [1.54, 1.807) is 23.1 Å². The summed E-state index contributed by atoms with van der Waals surface area (Å²) in [7, 11) is 0. The first kappa shape index (κ1) is 12.8. The molecular weight excluding hydrogens is 277 g/mol. The monoisotopic (exact) mass is 289 g/mol. The van der Waals surface area contributed by atoms with Crippen molar-refractivity contribution in [2.75, 3.05) is 5.73 Å². The van der Waals surface area contributed by atoms with Crippen LogP contribution in [0.2, 0.25) is 0 Å². The van der Waals surface area contributed by atoms with Gasteiger partial charge in [-0.2, -0.15) is 0 Å². The van der Waals surface area contributed by atoms with Gasteiger partial charge in [-0.05, 0) is 23.8 Å². The Kier molecular flexibility index (Phi) is 3.23. The molecule has 2 aromatic rings. The van der Waals surface area contributed by atoms with Gasteiger partial charge in [0.25, 0.3) is 0 Å². The zero-order valence-electron chi connectivity index (χ0n) is 10.5. The van der Waals surface area contributed by atoms with E-state index in [0.29, 0.717) is 18.2 Å². The normalized spacial score (nSPS) is 13.9. The van der Waals surface area contributed by atoms with Crippen molar-refractivity contribution in [1.29, 1.82) is 0 Å².